The van der Waals surface area contributed by atoms with Gasteiger partial charge in [-0.05, 0) is 38.0 Å². The van der Waals surface area contributed by atoms with Crippen LogP contribution >= 0.6 is 0 Å². The third kappa shape index (κ3) is 29.1. The number of unbranched alkanes of at least 4 members (excludes halogenated alkanes) is 17. The Bertz CT molecular complexity index is 461. The lowest BCUT2D eigenvalue weighted by molar-refractivity contribution is -0.144. The molecule has 4 nitrogen and oxygen atoms in total. The van der Waals surface area contributed by atoms with E-state index in [0.717, 1.165) is 57.8 Å². The number of esters is 2. The van der Waals surface area contributed by atoms with Crippen LogP contribution < -0.4 is 0 Å². The average molecular weight is 497 g/mol. The van der Waals surface area contributed by atoms with Gasteiger partial charge in [-0.1, -0.05) is 124 Å². The molecule has 0 saturated carbocycles. The number of rotatable bonds is 27. The molecule has 0 aliphatic carbocycles. The summed E-state index contributed by atoms with van der Waals surface area (Å²) in [5, 5.41) is 0. The average Bonchev–Trinajstić information content (AvgIpc) is 2.83. The highest BCUT2D eigenvalue weighted by Gasteiger charge is 2.05. The van der Waals surface area contributed by atoms with Crippen LogP contribution in [-0.4, -0.2) is 25.2 Å². The topological polar surface area (TPSA) is 52.6 Å². The molecule has 0 atom stereocenters. The summed E-state index contributed by atoms with van der Waals surface area (Å²) in [6.07, 6.45) is 26.6. The Morgan fingerprint density at radius 1 is 0.486 bits per heavy atom. The van der Waals surface area contributed by atoms with Gasteiger partial charge >= 0.3 is 11.9 Å². The van der Waals surface area contributed by atoms with Gasteiger partial charge in [0.2, 0.25) is 0 Å². The molecular formula is C31H60O4. The number of carbonyl (C=O) groups is 2. The van der Waals surface area contributed by atoms with Crippen LogP contribution in [0, 0.1) is 5.92 Å². The zero-order valence-corrected chi connectivity index (χ0v) is 23.9. The smallest absolute Gasteiger partial charge is 0.305 e. The fourth-order valence-corrected chi connectivity index (χ4v) is 4.37. The molecular weight excluding hydrogens is 436 g/mol. The third-order valence-electron chi connectivity index (χ3n) is 6.71. The Hall–Kier alpha value is -1.06. The van der Waals surface area contributed by atoms with E-state index >= 15 is 0 Å². The van der Waals surface area contributed by atoms with Crippen molar-refractivity contribution >= 4 is 11.9 Å². The van der Waals surface area contributed by atoms with Crippen molar-refractivity contribution in [3.8, 4) is 0 Å². The van der Waals surface area contributed by atoms with E-state index in [1.807, 2.05) is 0 Å². The summed E-state index contributed by atoms with van der Waals surface area (Å²) in [4.78, 5) is 23.5. The van der Waals surface area contributed by atoms with Crippen LogP contribution in [-0.2, 0) is 19.1 Å². The lowest BCUT2D eigenvalue weighted by atomic mass is 10.0. The van der Waals surface area contributed by atoms with Gasteiger partial charge in [0.15, 0.2) is 0 Å². The van der Waals surface area contributed by atoms with Crippen molar-refractivity contribution < 1.29 is 19.1 Å². The second-order valence-electron chi connectivity index (χ2n) is 10.8. The molecule has 0 bridgehead atoms. The zero-order chi connectivity index (χ0) is 25.8. The molecule has 0 aromatic carbocycles. The monoisotopic (exact) mass is 496 g/mol. The first-order chi connectivity index (χ1) is 17.1. The second kappa shape index (κ2) is 27.5. The summed E-state index contributed by atoms with van der Waals surface area (Å²) < 4.78 is 10.6. The first-order valence-corrected chi connectivity index (χ1v) is 15.4. The van der Waals surface area contributed by atoms with Gasteiger partial charge < -0.3 is 9.47 Å². The molecule has 0 radical (unpaired) electrons. The molecule has 0 heterocycles. The molecule has 0 amide bonds. The van der Waals surface area contributed by atoms with Crippen molar-refractivity contribution in [1.29, 1.82) is 0 Å². The molecule has 0 fully saturated rings. The van der Waals surface area contributed by atoms with Gasteiger partial charge in [-0.15, -0.1) is 0 Å². The van der Waals surface area contributed by atoms with E-state index in [1.54, 1.807) is 0 Å². The minimum Gasteiger partial charge on any atom is -0.466 e. The molecule has 35 heavy (non-hydrogen) atoms. The Balaban J connectivity index is 3.24. The Morgan fingerprint density at radius 2 is 0.829 bits per heavy atom. The minimum atomic E-state index is -0.0556. The summed E-state index contributed by atoms with van der Waals surface area (Å²) in [5.74, 6) is 0.573. The number of carbonyl (C=O) groups excluding carboxylic acids is 2. The second-order valence-corrected chi connectivity index (χ2v) is 10.8. The molecule has 0 N–H and O–H groups in total. The van der Waals surface area contributed by atoms with Crippen LogP contribution in [0.4, 0.5) is 0 Å². The first-order valence-electron chi connectivity index (χ1n) is 15.4. The van der Waals surface area contributed by atoms with E-state index in [2.05, 4.69) is 20.8 Å². The molecule has 0 saturated heterocycles. The van der Waals surface area contributed by atoms with E-state index in [0.29, 0.717) is 32.0 Å². The van der Waals surface area contributed by atoms with Gasteiger partial charge in [0.25, 0.3) is 0 Å². The summed E-state index contributed by atoms with van der Waals surface area (Å²) >= 11 is 0. The number of hydrogen-bond acceptors (Lipinski definition) is 4. The van der Waals surface area contributed by atoms with Crippen molar-refractivity contribution in [3.63, 3.8) is 0 Å². The van der Waals surface area contributed by atoms with Crippen LogP contribution in [0.3, 0.4) is 0 Å². The van der Waals surface area contributed by atoms with Crippen LogP contribution in [0.25, 0.3) is 0 Å². The molecule has 0 unspecified atom stereocenters. The van der Waals surface area contributed by atoms with Gasteiger partial charge in [-0.25, -0.2) is 0 Å². The predicted octanol–water partition coefficient (Wildman–Crippen LogP) is 9.72. The van der Waals surface area contributed by atoms with E-state index in [1.165, 1.54) is 77.0 Å². The maximum Gasteiger partial charge on any atom is 0.305 e. The molecule has 0 aliphatic rings. The Kier molecular flexibility index (Phi) is 26.7. The summed E-state index contributed by atoms with van der Waals surface area (Å²) in [5.41, 5.74) is 0. The SMILES string of the molecule is CCCCCCCCCCCCCCCOC(=O)CCCCCCCCC(=O)OCCCC(C)C. The first kappa shape index (κ1) is 33.9. The molecule has 0 aliphatic heterocycles. The van der Waals surface area contributed by atoms with Crippen molar-refractivity contribution in [2.45, 2.75) is 168 Å². The molecule has 208 valence electrons. The fraction of sp³-hybridized carbons (Fsp3) is 0.935. The number of ether oxygens (including phenoxy) is 2. The maximum atomic E-state index is 11.8. The van der Waals surface area contributed by atoms with Gasteiger partial charge in [-0.2, -0.15) is 0 Å². The molecule has 0 rings (SSSR count). The van der Waals surface area contributed by atoms with E-state index < -0.39 is 0 Å². The van der Waals surface area contributed by atoms with Crippen molar-refractivity contribution in [1.82, 2.24) is 0 Å². The van der Waals surface area contributed by atoms with Crippen molar-refractivity contribution in [2.75, 3.05) is 13.2 Å². The summed E-state index contributed by atoms with van der Waals surface area (Å²) in [6.45, 7) is 7.80. The largest absolute Gasteiger partial charge is 0.466 e. The van der Waals surface area contributed by atoms with Crippen LogP contribution in [0.5, 0.6) is 0 Å². The molecule has 4 heteroatoms. The van der Waals surface area contributed by atoms with Crippen LogP contribution in [0.2, 0.25) is 0 Å². The standard InChI is InChI=1S/C31H60O4/c1-4-5-6-7-8-9-10-11-12-13-16-19-22-27-34-30(32)25-20-17-14-15-18-21-26-31(33)35-28-23-24-29(2)3/h29H,4-28H2,1-3H3. The van der Waals surface area contributed by atoms with Crippen molar-refractivity contribution in [3.05, 3.63) is 0 Å². The van der Waals surface area contributed by atoms with Gasteiger partial charge in [0, 0.05) is 12.8 Å². The van der Waals surface area contributed by atoms with Crippen molar-refractivity contribution in [2.24, 2.45) is 5.92 Å². The Morgan fingerprint density at radius 3 is 1.23 bits per heavy atom. The molecule has 0 aromatic heterocycles. The lowest BCUT2D eigenvalue weighted by Gasteiger charge is -2.07. The minimum absolute atomic E-state index is 0.0378. The summed E-state index contributed by atoms with van der Waals surface area (Å²) in [6, 6.07) is 0. The molecule has 0 aromatic rings. The van der Waals surface area contributed by atoms with Crippen LogP contribution in [0.1, 0.15) is 168 Å². The lowest BCUT2D eigenvalue weighted by Crippen LogP contribution is -2.06. The van der Waals surface area contributed by atoms with Gasteiger partial charge in [-0.3, -0.25) is 9.59 Å². The fourth-order valence-electron chi connectivity index (χ4n) is 4.37. The Labute approximate surface area is 218 Å². The third-order valence-corrected chi connectivity index (χ3v) is 6.71. The van der Waals surface area contributed by atoms with Crippen LogP contribution in [0.15, 0.2) is 0 Å². The highest BCUT2D eigenvalue weighted by Crippen LogP contribution is 2.13. The van der Waals surface area contributed by atoms with Gasteiger partial charge in [0.1, 0.15) is 0 Å². The number of hydrogen-bond donors (Lipinski definition) is 0. The normalized spacial score (nSPS) is 11.2. The highest BCUT2D eigenvalue weighted by molar-refractivity contribution is 5.69. The summed E-state index contributed by atoms with van der Waals surface area (Å²) in [7, 11) is 0. The predicted molar refractivity (Wildman–Crippen MR) is 149 cm³/mol. The zero-order valence-electron chi connectivity index (χ0n) is 23.9. The van der Waals surface area contributed by atoms with Gasteiger partial charge in [0.05, 0.1) is 13.2 Å². The van der Waals surface area contributed by atoms with E-state index in [9.17, 15) is 9.59 Å². The van der Waals surface area contributed by atoms with E-state index in [-0.39, 0.29) is 11.9 Å². The van der Waals surface area contributed by atoms with E-state index in [4.69, 9.17) is 9.47 Å². The highest BCUT2D eigenvalue weighted by atomic mass is 16.5. The quantitative estimate of drug-likeness (QED) is 0.0838. The molecule has 0 spiro atoms. The maximum absolute atomic E-state index is 11.8.